The number of thiazole rings is 1. The molecule has 1 N–H and O–H groups in total. The number of anilines is 1. The molecule has 19 heavy (non-hydrogen) atoms. The summed E-state index contributed by atoms with van der Waals surface area (Å²) >= 11 is 1.82. The first-order valence-electron chi connectivity index (χ1n) is 7.12. The summed E-state index contributed by atoms with van der Waals surface area (Å²) in [5.41, 5.74) is 1.27. The second-order valence-corrected chi connectivity index (χ2v) is 6.33. The third kappa shape index (κ3) is 3.27. The molecule has 0 amide bonds. The van der Waals surface area contributed by atoms with Gasteiger partial charge in [-0.3, -0.25) is 0 Å². The molecule has 108 valence electrons. The van der Waals surface area contributed by atoms with Crippen LogP contribution < -0.4 is 10.2 Å². The molecular weight excluding hydrogens is 258 g/mol. The first-order chi connectivity index (χ1) is 9.17. The van der Waals surface area contributed by atoms with Gasteiger partial charge in [0.1, 0.15) is 0 Å². The second-order valence-electron chi connectivity index (χ2n) is 5.27. The van der Waals surface area contributed by atoms with Gasteiger partial charge in [-0.2, -0.15) is 0 Å². The van der Waals surface area contributed by atoms with Gasteiger partial charge in [0.05, 0.1) is 18.3 Å². The van der Waals surface area contributed by atoms with Crippen molar-refractivity contribution in [1.29, 1.82) is 0 Å². The summed E-state index contributed by atoms with van der Waals surface area (Å²) in [6, 6.07) is 0.485. The molecule has 0 bridgehead atoms. The van der Waals surface area contributed by atoms with Crippen LogP contribution in [-0.2, 0) is 11.3 Å². The van der Waals surface area contributed by atoms with Crippen LogP contribution in [0.1, 0.15) is 43.2 Å². The fourth-order valence-corrected chi connectivity index (χ4v) is 3.58. The monoisotopic (exact) mass is 283 g/mol. The molecule has 1 aromatic heterocycles. The van der Waals surface area contributed by atoms with Crippen molar-refractivity contribution in [2.24, 2.45) is 0 Å². The maximum absolute atomic E-state index is 5.48. The van der Waals surface area contributed by atoms with Crippen LogP contribution in [0.5, 0.6) is 0 Å². The van der Waals surface area contributed by atoms with E-state index in [9.17, 15) is 0 Å². The van der Waals surface area contributed by atoms with Crippen molar-refractivity contribution < 1.29 is 4.74 Å². The molecule has 2 atom stereocenters. The zero-order chi connectivity index (χ0) is 13.8. The maximum Gasteiger partial charge on any atom is 0.185 e. The predicted octanol–water partition coefficient (Wildman–Crippen LogP) is 2.60. The largest absolute Gasteiger partial charge is 0.379 e. The van der Waals surface area contributed by atoms with Gasteiger partial charge in [0.15, 0.2) is 5.13 Å². The molecular formula is C14H25N3OS. The SMILES string of the molecule is CCC(C)c1nc(N(C)C2CCOC2)sc1CNC. The number of ether oxygens (including phenoxy) is 1. The van der Waals surface area contributed by atoms with E-state index in [1.807, 2.05) is 18.4 Å². The smallest absolute Gasteiger partial charge is 0.185 e. The van der Waals surface area contributed by atoms with Crippen molar-refractivity contribution in [3.05, 3.63) is 10.6 Å². The molecule has 0 spiro atoms. The summed E-state index contributed by atoms with van der Waals surface area (Å²) in [5.74, 6) is 0.529. The zero-order valence-electron chi connectivity index (χ0n) is 12.4. The van der Waals surface area contributed by atoms with E-state index < -0.39 is 0 Å². The summed E-state index contributed by atoms with van der Waals surface area (Å²) in [7, 11) is 4.13. The number of nitrogens with one attached hydrogen (secondary N) is 1. The third-order valence-electron chi connectivity index (χ3n) is 3.89. The van der Waals surface area contributed by atoms with Crippen LogP contribution in [0.15, 0.2) is 0 Å². The van der Waals surface area contributed by atoms with E-state index in [1.165, 1.54) is 10.6 Å². The fraction of sp³-hybridized carbons (Fsp3) is 0.786. The van der Waals surface area contributed by atoms with Crippen LogP contribution in [-0.4, -0.2) is 38.3 Å². The number of hydrogen-bond acceptors (Lipinski definition) is 5. The van der Waals surface area contributed by atoms with E-state index in [2.05, 4.69) is 31.1 Å². The minimum absolute atomic E-state index is 0.485. The Kier molecular flexibility index (Phi) is 5.19. The van der Waals surface area contributed by atoms with Crippen molar-refractivity contribution in [1.82, 2.24) is 10.3 Å². The van der Waals surface area contributed by atoms with Gasteiger partial charge >= 0.3 is 0 Å². The van der Waals surface area contributed by atoms with Gasteiger partial charge in [-0.1, -0.05) is 13.8 Å². The number of nitrogens with zero attached hydrogens (tertiary/aromatic N) is 2. The lowest BCUT2D eigenvalue weighted by Crippen LogP contribution is -2.31. The lowest BCUT2D eigenvalue weighted by Gasteiger charge is -2.22. The van der Waals surface area contributed by atoms with E-state index in [-0.39, 0.29) is 0 Å². The van der Waals surface area contributed by atoms with Crippen LogP contribution in [0.4, 0.5) is 5.13 Å². The van der Waals surface area contributed by atoms with Gasteiger partial charge < -0.3 is 15.0 Å². The molecule has 4 nitrogen and oxygen atoms in total. The lowest BCUT2D eigenvalue weighted by molar-refractivity contribution is 0.193. The summed E-state index contributed by atoms with van der Waals surface area (Å²) in [6.45, 7) is 7.10. The van der Waals surface area contributed by atoms with Crippen LogP contribution >= 0.6 is 11.3 Å². The highest BCUT2D eigenvalue weighted by atomic mass is 32.1. The zero-order valence-corrected chi connectivity index (χ0v) is 13.2. The van der Waals surface area contributed by atoms with Crippen molar-refractivity contribution in [2.45, 2.75) is 45.2 Å². The highest BCUT2D eigenvalue weighted by Gasteiger charge is 2.24. The Balaban J connectivity index is 2.20. The van der Waals surface area contributed by atoms with Crippen molar-refractivity contribution in [3.8, 4) is 0 Å². The van der Waals surface area contributed by atoms with Gasteiger partial charge in [-0.05, 0) is 25.8 Å². The molecule has 0 aliphatic carbocycles. The summed E-state index contributed by atoms with van der Waals surface area (Å²) < 4.78 is 5.48. The third-order valence-corrected chi connectivity index (χ3v) is 5.05. The maximum atomic E-state index is 5.48. The number of hydrogen-bond donors (Lipinski definition) is 1. The summed E-state index contributed by atoms with van der Waals surface area (Å²) in [4.78, 5) is 8.56. The highest BCUT2D eigenvalue weighted by Crippen LogP contribution is 2.33. The Hall–Kier alpha value is -0.650. The topological polar surface area (TPSA) is 37.4 Å². The number of aromatic nitrogens is 1. The molecule has 0 radical (unpaired) electrons. The standard InChI is InChI=1S/C14H25N3OS/c1-5-10(2)13-12(8-15-3)19-14(16-13)17(4)11-6-7-18-9-11/h10-11,15H,5-9H2,1-4H3. The molecule has 1 saturated heterocycles. The Labute approximate surface area is 120 Å². The van der Waals surface area contributed by atoms with Crippen LogP contribution in [0.2, 0.25) is 0 Å². The average molecular weight is 283 g/mol. The molecule has 0 saturated carbocycles. The normalized spacial score (nSPS) is 20.7. The van der Waals surface area contributed by atoms with E-state index in [4.69, 9.17) is 9.72 Å². The molecule has 0 aromatic carbocycles. The van der Waals surface area contributed by atoms with Gasteiger partial charge in [-0.15, -0.1) is 11.3 Å². The molecule has 5 heteroatoms. The minimum Gasteiger partial charge on any atom is -0.379 e. The van der Waals surface area contributed by atoms with Gasteiger partial charge in [0, 0.05) is 25.1 Å². The average Bonchev–Trinajstić information content (AvgIpc) is 3.07. The Morgan fingerprint density at radius 1 is 1.58 bits per heavy atom. The van der Waals surface area contributed by atoms with E-state index in [0.717, 1.165) is 37.7 Å². The summed E-state index contributed by atoms with van der Waals surface area (Å²) in [6.07, 6.45) is 2.24. The van der Waals surface area contributed by atoms with Gasteiger partial charge in [0.25, 0.3) is 0 Å². The Bertz CT molecular complexity index is 401. The summed E-state index contributed by atoms with van der Waals surface area (Å²) in [5, 5.41) is 4.39. The minimum atomic E-state index is 0.485. The lowest BCUT2D eigenvalue weighted by atomic mass is 10.0. The first kappa shape index (κ1) is 14.8. The van der Waals surface area contributed by atoms with Gasteiger partial charge in [0.2, 0.25) is 0 Å². The Morgan fingerprint density at radius 3 is 2.95 bits per heavy atom. The predicted molar refractivity (Wildman–Crippen MR) is 81.2 cm³/mol. The molecule has 1 fully saturated rings. The van der Waals surface area contributed by atoms with E-state index in [0.29, 0.717) is 12.0 Å². The van der Waals surface area contributed by atoms with E-state index >= 15 is 0 Å². The molecule has 1 aliphatic rings. The molecule has 2 unspecified atom stereocenters. The van der Waals surface area contributed by atoms with Crippen molar-refractivity contribution in [3.63, 3.8) is 0 Å². The molecule has 1 aliphatic heterocycles. The quantitative estimate of drug-likeness (QED) is 0.871. The highest BCUT2D eigenvalue weighted by molar-refractivity contribution is 7.15. The second kappa shape index (κ2) is 6.68. The molecule has 2 rings (SSSR count). The van der Waals surface area contributed by atoms with Gasteiger partial charge in [-0.25, -0.2) is 4.98 Å². The van der Waals surface area contributed by atoms with Crippen LogP contribution in [0, 0.1) is 0 Å². The first-order valence-corrected chi connectivity index (χ1v) is 7.93. The fourth-order valence-electron chi connectivity index (χ4n) is 2.35. The van der Waals surface area contributed by atoms with Crippen LogP contribution in [0.25, 0.3) is 0 Å². The van der Waals surface area contributed by atoms with Crippen LogP contribution in [0.3, 0.4) is 0 Å². The Morgan fingerprint density at radius 2 is 2.37 bits per heavy atom. The number of rotatable bonds is 6. The van der Waals surface area contributed by atoms with Crippen molar-refractivity contribution >= 4 is 16.5 Å². The molecule has 2 heterocycles. The molecule has 1 aromatic rings. The number of likely N-dealkylation sites (N-methyl/N-ethyl adjacent to an activating group) is 1. The van der Waals surface area contributed by atoms with Crippen molar-refractivity contribution in [2.75, 3.05) is 32.2 Å². The van der Waals surface area contributed by atoms with E-state index in [1.54, 1.807) is 0 Å².